The molecule has 2 atom stereocenters. The minimum Gasteiger partial charge on any atom is -0.477 e. The number of benzene rings is 1. The number of pyridine rings is 1. The number of aryl methyl sites for hydroxylation is 3. The molecule has 39 heavy (non-hydrogen) atoms. The van der Waals surface area contributed by atoms with Gasteiger partial charge in [0.2, 0.25) is 11.8 Å². The first-order valence-corrected chi connectivity index (χ1v) is 12.6. The molecule has 3 aromatic heterocycles. The number of carbonyl (C=O) groups excluding carboxylic acids is 2. The second-order valence-corrected chi connectivity index (χ2v) is 10.2. The molecule has 0 bridgehead atoms. The van der Waals surface area contributed by atoms with Gasteiger partial charge in [-0.25, -0.2) is 14.0 Å². The minimum absolute atomic E-state index is 0.0301. The Morgan fingerprint density at radius 3 is 2.54 bits per heavy atom. The van der Waals surface area contributed by atoms with Gasteiger partial charge in [0.25, 0.3) is 5.91 Å². The van der Waals surface area contributed by atoms with Gasteiger partial charge >= 0.3 is 0 Å². The molecule has 1 saturated carbocycles. The van der Waals surface area contributed by atoms with E-state index in [9.17, 15) is 14.0 Å². The Morgan fingerprint density at radius 1 is 1.13 bits per heavy atom. The number of nitrogens with zero attached hydrogens (tertiary/aromatic N) is 4. The van der Waals surface area contributed by atoms with E-state index in [-0.39, 0.29) is 17.3 Å². The van der Waals surface area contributed by atoms with Crippen molar-refractivity contribution in [2.24, 2.45) is 5.41 Å². The first-order valence-electron chi connectivity index (χ1n) is 12.6. The first-order chi connectivity index (χ1) is 18.8. The van der Waals surface area contributed by atoms with Crippen LogP contribution in [0.1, 0.15) is 51.9 Å². The van der Waals surface area contributed by atoms with Gasteiger partial charge in [-0.05, 0) is 62.5 Å². The fraction of sp³-hybridized carbons (Fsp3) is 0.333. The van der Waals surface area contributed by atoms with Gasteiger partial charge in [0, 0.05) is 33.8 Å². The lowest BCUT2D eigenvalue weighted by atomic mass is 9.76. The van der Waals surface area contributed by atoms with Gasteiger partial charge < -0.3 is 15.4 Å². The molecule has 1 aliphatic carbocycles. The van der Waals surface area contributed by atoms with Crippen LogP contribution in [0.2, 0.25) is 0 Å². The van der Waals surface area contributed by atoms with Crippen LogP contribution in [0, 0.1) is 32.0 Å². The van der Waals surface area contributed by atoms with Crippen LogP contribution in [0.3, 0.4) is 0 Å². The van der Waals surface area contributed by atoms with Gasteiger partial charge in [0.1, 0.15) is 17.6 Å². The Morgan fingerprint density at radius 2 is 1.90 bits per heavy atom. The van der Waals surface area contributed by atoms with E-state index >= 15 is 0 Å². The van der Waals surface area contributed by atoms with Crippen LogP contribution in [0.15, 0.2) is 41.2 Å². The van der Waals surface area contributed by atoms with Crippen molar-refractivity contribution >= 4 is 17.5 Å². The predicted octanol–water partition coefficient (Wildman–Crippen LogP) is 3.61. The summed E-state index contributed by atoms with van der Waals surface area (Å²) in [5, 5.41) is 20.3. The van der Waals surface area contributed by atoms with Crippen molar-refractivity contribution in [2.45, 2.75) is 45.6 Å². The Hall–Kier alpha value is -4.61. The number of hydrogen-bond donors (Lipinski definition) is 3. The number of halogens is 1. The van der Waals surface area contributed by atoms with E-state index in [0.29, 0.717) is 17.9 Å². The van der Waals surface area contributed by atoms with Crippen LogP contribution in [0.5, 0.6) is 5.88 Å². The number of ether oxygens (including phenoxy) is 1. The quantitative estimate of drug-likeness (QED) is 0.342. The number of nitrogens with one attached hydrogen (secondary N) is 3. The average Bonchev–Trinajstić information content (AvgIpc) is 3.41. The summed E-state index contributed by atoms with van der Waals surface area (Å²) >= 11 is 0. The van der Waals surface area contributed by atoms with Crippen LogP contribution in [-0.2, 0) is 4.79 Å². The van der Waals surface area contributed by atoms with E-state index in [4.69, 9.17) is 4.74 Å². The Labute approximate surface area is 222 Å². The number of hydrogen-bond acceptors (Lipinski definition) is 8. The molecule has 2 aliphatic rings. The van der Waals surface area contributed by atoms with Crippen molar-refractivity contribution in [3.63, 3.8) is 0 Å². The second-order valence-electron chi connectivity index (χ2n) is 10.2. The lowest BCUT2D eigenvalue weighted by Crippen LogP contribution is -2.52. The molecule has 1 spiro atoms. The van der Waals surface area contributed by atoms with E-state index in [1.807, 2.05) is 26.0 Å². The van der Waals surface area contributed by atoms with E-state index < -0.39 is 35.0 Å². The van der Waals surface area contributed by atoms with Crippen molar-refractivity contribution in [2.75, 3.05) is 11.9 Å². The topological polar surface area (TPSA) is 148 Å². The molecule has 0 saturated heterocycles. The summed E-state index contributed by atoms with van der Waals surface area (Å²) in [4.78, 5) is 31.2. The van der Waals surface area contributed by atoms with Gasteiger partial charge in [-0.1, -0.05) is 17.3 Å². The fourth-order valence-electron chi connectivity index (χ4n) is 5.43. The Kier molecular flexibility index (Phi) is 5.89. The predicted molar refractivity (Wildman–Crippen MR) is 137 cm³/mol. The molecule has 4 aromatic rings. The SMILES string of the molecule is Cc1nonc1C(=O)N[C@H](C(=O)Nc1ccc(-c2c(C)n[nH]c2C)cc1)C1c2cc(F)cnc2OCC12CC2. The van der Waals surface area contributed by atoms with Crippen molar-refractivity contribution in [3.8, 4) is 17.0 Å². The molecular formula is C27H26FN7O4. The molecule has 11 nitrogen and oxygen atoms in total. The summed E-state index contributed by atoms with van der Waals surface area (Å²) in [7, 11) is 0. The molecule has 2 amide bonds. The zero-order valence-corrected chi connectivity index (χ0v) is 21.5. The molecule has 0 radical (unpaired) electrons. The standard InChI is InChI=1S/C27H26FN7O4/c1-13-20(14(2)33-32-13)16-4-6-18(7-5-16)30-25(37)23(31-24(36)22-15(3)34-39-35-22)21-19-10-17(28)11-29-26(19)38-12-27(21)8-9-27/h4-7,10-11,21,23H,8-9,12H2,1-3H3,(H,30,37)(H,31,36)(H,32,33)/t21?,23-/m0/s1. The maximum Gasteiger partial charge on any atom is 0.276 e. The first kappa shape index (κ1) is 24.7. The van der Waals surface area contributed by atoms with E-state index in [2.05, 4.69) is 40.8 Å². The average molecular weight is 532 g/mol. The maximum absolute atomic E-state index is 14.4. The summed E-state index contributed by atoms with van der Waals surface area (Å²) in [6.07, 6.45) is 2.59. The summed E-state index contributed by atoms with van der Waals surface area (Å²) in [5.41, 5.74) is 4.56. The monoisotopic (exact) mass is 531 g/mol. The number of rotatable bonds is 6. The number of aromatic nitrogens is 5. The van der Waals surface area contributed by atoms with Gasteiger partial charge in [0.15, 0.2) is 5.69 Å². The summed E-state index contributed by atoms with van der Waals surface area (Å²) < 4.78 is 24.9. The molecular weight excluding hydrogens is 505 g/mol. The third kappa shape index (κ3) is 4.41. The lowest BCUT2D eigenvalue weighted by molar-refractivity contribution is -0.119. The van der Waals surface area contributed by atoms with E-state index in [0.717, 1.165) is 41.6 Å². The highest BCUT2D eigenvalue weighted by atomic mass is 19.1. The van der Waals surface area contributed by atoms with Crippen molar-refractivity contribution in [3.05, 3.63) is 70.7 Å². The van der Waals surface area contributed by atoms with Crippen LogP contribution in [0.4, 0.5) is 10.1 Å². The van der Waals surface area contributed by atoms with Crippen molar-refractivity contribution < 1.29 is 23.3 Å². The second kappa shape index (κ2) is 9.29. The summed E-state index contributed by atoms with van der Waals surface area (Å²) in [6.45, 7) is 5.76. The highest BCUT2D eigenvalue weighted by molar-refractivity contribution is 6.01. The number of carbonyl (C=O) groups is 2. The van der Waals surface area contributed by atoms with Crippen molar-refractivity contribution in [1.82, 2.24) is 30.8 Å². The van der Waals surface area contributed by atoms with Gasteiger partial charge in [-0.15, -0.1) is 0 Å². The molecule has 4 heterocycles. The van der Waals surface area contributed by atoms with Crippen LogP contribution in [-0.4, -0.2) is 50.0 Å². The number of amides is 2. The number of aromatic amines is 1. The highest BCUT2D eigenvalue weighted by Crippen LogP contribution is 2.61. The zero-order valence-electron chi connectivity index (χ0n) is 21.5. The van der Waals surface area contributed by atoms with Gasteiger partial charge in [0.05, 0.1) is 18.5 Å². The third-order valence-corrected chi connectivity index (χ3v) is 7.57. The van der Waals surface area contributed by atoms with Crippen LogP contribution < -0.4 is 15.4 Å². The van der Waals surface area contributed by atoms with Crippen LogP contribution >= 0.6 is 0 Å². The molecule has 1 aromatic carbocycles. The molecule has 1 unspecified atom stereocenters. The minimum atomic E-state index is -1.08. The third-order valence-electron chi connectivity index (χ3n) is 7.57. The largest absolute Gasteiger partial charge is 0.477 e. The van der Waals surface area contributed by atoms with E-state index in [1.165, 1.54) is 6.07 Å². The molecule has 12 heteroatoms. The van der Waals surface area contributed by atoms with Gasteiger partial charge in [-0.3, -0.25) is 14.7 Å². The van der Waals surface area contributed by atoms with E-state index in [1.54, 1.807) is 19.1 Å². The Bertz CT molecular complexity index is 1560. The summed E-state index contributed by atoms with van der Waals surface area (Å²) in [5.74, 6) is -1.97. The highest BCUT2D eigenvalue weighted by Gasteiger charge is 2.58. The molecule has 1 fully saturated rings. The zero-order chi connectivity index (χ0) is 27.3. The Balaban J connectivity index is 1.34. The molecule has 3 N–H and O–H groups in total. The fourth-order valence-corrected chi connectivity index (χ4v) is 5.43. The number of H-pyrrole nitrogens is 1. The van der Waals surface area contributed by atoms with Crippen molar-refractivity contribution in [1.29, 1.82) is 0 Å². The normalized spacial score (nSPS) is 17.7. The van der Waals surface area contributed by atoms with Gasteiger partial charge in [-0.2, -0.15) is 5.10 Å². The summed E-state index contributed by atoms with van der Waals surface area (Å²) in [6, 6.07) is 7.60. The number of anilines is 1. The lowest BCUT2D eigenvalue weighted by Gasteiger charge is -2.37. The molecule has 6 rings (SSSR count). The maximum atomic E-state index is 14.4. The molecule has 200 valence electrons. The van der Waals surface area contributed by atoms with Crippen LogP contribution in [0.25, 0.3) is 11.1 Å². The number of fused-ring (bicyclic) bond motifs is 1. The smallest absolute Gasteiger partial charge is 0.276 e. The molecule has 1 aliphatic heterocycles.